The summed E-state index contributed by atoms with van der Waals surface area (Å²) in [6, 6.07) is 13.4. The van der Waals surface area contributed by atoms with Crippen LogP contribution in [0.25, 0.3) is 0 Å². The van der Waals surface area contributed by atoms with E-state index in [4.69, 9.17) is 18.0 Å². The van der Waals surface area contributed by atoms with Gasteiger partial charge in [-0.15, -0.1) is 0 Å². The first-order chi connectivity index (χ1) is 9.97. The van der Waals surface area contributed by atoms with Crippen molar-refractivity contribution in [2.45, 2.75) is 20.4 Å². The summed E-state index contributed by atoms with van der Waals surface area (Å²) < 4.78 is 0. The fourth-order valence-electron chi connectivity index (χ4n) is 2.13. The molecule has 4 heteroatoms. The maximum absolute atomic E-state index is 12.2. The van der Waals surface area contributed by atoms with E-state index in [1.165, 1.54) is 0 Å². The Bertz CT molecular complexity index is 678. The van der Waals surface area contributed by atoms with E-state index < -0.39 is 0 Å². The molecule has 0 bridgehead atoms. The van der Waals surface area contributed by atoms with Crippen molar-refractivity contribution < 1.29 is 4.79 Å². The summed E-state index contributed by atoms with van der Waals surface area (Å²) in [5.41, 5.74) is 10.2. The van der Waals surface area contributed by atoms with Crippen LogP contribution in [0, 0.1) is 13.8 Å². The van der Waals surface area contributed by atoms with Gasteiger partial charge in [0.25, 0.3) is 5.91 Å². The first-order valence-corrected chi connectivity index (χ1v) is 7.12. The molecule has 1 amide bonds. The quantitative estimate of drug-likeness (QED) is 0.853. The number of rotatable bonds is 4. The van der Waals surface area contributed by atoms with Crippen molar-refractivity contribution >= 4 is 23.1 Å². The monoisotopic (exact) mass is 298 g/mol. The second-order valence-electron chi connectivity index (χ2n) is 5.06. The van der Waals surface area contributed by atoms with Crippen LogP contribution in [-0.2, 0) is 6.54 Å². The Balaban J connectivity index is 2.02. The van der Waals surface area contributed by atoms with Gasteiger partial charge in [-0.05, 0) is 31.0 Å². The summed E-state index contributed by atoms with van der Waals surface area (Å²) >= 11 is 4.91. The molecular formula is C17H18N2OS. The van der Waals surface area contributed by atoms with Gasteiger partial charge in [0.2, 0.25) is 0 Å². The van der Waals surface area contributed by atoms with Crippen LogP contribution in [0.2, 0.25) is 0 Å². The third-order valence-electron chi connectivity index (χ3n) is 3.32. The smallest absolute Gasteiger partial charge is 0.251 e. The van der Waals surface area contributed by atoms with Gasteiger partial charge in [-0.2, -0.15) is 0 Å². The molecule has 0 aliphatic heterocycles. The maximum Gasteiger partial charge on any atom is 0.251 e. The number of carbonyl (C=O) groups is 1. The molecule has 0 heterocycles. The predicted molar refractivity (Wildman–Crippen MR) is 89.4 cm³/mol. The molecule has 0 unspecified atom stereocenters. The molecule has 0 radical (unpaired) electrons. The third-order valence-corrected chi connectivity index (χ3v) is 3.55. The first kappa shape index (κ1) is 15.2. The Morgan fingerprint density at radius 2 is 1.81 bits per heavy atom. The molecule has 2 aromatic rings. The molecule has 0 spiro atoms. The fraction of sp³-hybridized carbons (Fsp3) is 0.176. The van der Waals surface area contributed by atoms with Crippen LogP contribution in [0.5, 0.6) is 0 Å². The van der Waals surface area contributed by atoms with Crippen LogP contribution in [0.1, 0.15) is 32.6 Å². The van der Waals surface area contributed by atoms with Gasteiger partial charge in [0.15, 0.2) is 0 Å². The molecule has 2 rings (SSSR count). The van der Waals surface area contributed by atoms with Crippen molar-refractivity contribution in [3.05, 3.63) is 70.3 Å². The summed E-state index contributed by atoms with van der Waals surface area (Å²) in [6.07, 6.45) is 0. The molecule has 0 aromatic heterocycles. The van der Waals surface area contributed by atoms with Crippen LogP contribution in [0.4, 0.5) is 0 Å². The zero-order chi connectivity index (χ0) is 15.4. The average molecular weight is 298 g/mol. The predicted octanol–water partition coefficient (Wildman–Crippen LogP) is 2.87. The van der Waals surface area contributed by atoms with E-state index >= 15 is 0 Å². The average Bonchev–Trinajstić information content (AvgIpc) is 2.45. The number of thiocarbonyl (C=S) groups is 1. The van der Waals surface area contributed by atoms with Gasteiger partial charge in [-0.1, -0.05) is 54.2 Å². The van der Waals surface area contributed by atoms with Crippen molar-refractivity contribution in [2.75, 3.05) is 0 Å². The van der Waals surface area contributed by atoms with Gasteiger partial charge in [-0.25, -0.2) is 0 Å². The van der Waals surface area contributed by atoms with Gasteiger partial charge in [0, 0.05) is 17.7 Å². The highest BCUT2D eigenvalue weighted by molar-refractivity contribution is 7.80. The third kappa shape index (κ3) is 3.89. The lowest BCUT2D eigenvalue weighted by Crippen LogP contribution is -2.23. The second-order valence-corrected chi connectivity index (χ2v) is 5.50. The lowest BCUT2D eigenvalue weighted by molar-refractivity contribution is 0.0950. The molecule has 0 aliphatic rings. The van der Waals surface area contributed by atoms with E-state index in [0.717, 1.165) is 22.3 Å². The molecule has 3 N–H and O–H groups in total. The van der Waals surface area contributed by atoms with Crippen molar-refractivity contribution in [2.24, 2.45) is 5.73 Å². The maximum atomic E-state index is 12.2. The van der Waals surface area contributed by atoms with Gasteiger partial charge in [-0.3, -0.25) is 4.79 Å². The first-order valence-electron chi connectivity index (χ1n) is 6.71. The SMILES string of the molecule is Cc1ccc(C(=O)NCc2ccc(C(N)=S)cc2)c(C)c1. The molecular weight excluding hydrogens is 280 g/mol. The lowest BCUT2D eigenvalue weighted by Gasteiger charge is -2.09. The molecule has 0 aliphatic carbocycles. The molecule has 108 valence electrons. The van der Waals surface area contributed by atoms with Crippen LogP contribution >= 0.6 is 12.2 Å². The Labute approximate surface area is 130 Å². The van der Waals surface area contributed by atoms with E-state index in [0.29, 0.717) is 17.1 Å². The van der Waals surface area contributed by atoms with E-state index in [1.54, 1.807) is 0 Å². The highest BCUT2D eigenvalue weighted by atomic mass is 32.1. The number of carbonyl (C=O) groups excluding carboxylic acids is 1. The summed E-state index contributed by atoms with van der Waals surface area (Å²) in [4.78, 5) is 12.5. The number of nitrogens with one attached hydrogen (secondary N) is 1. The number of hydrogen-bond acceptors (Lipinski definition) is 2. The molecule has 2 aromatic carbocycles. The van der Waals surface area contributed by atoms with Crippen LogP contribution < -0.4 is 11.1 Å². The Kier molecular flexibility index (Phi) is 4.70. The minimum absolute atomic E-state index is 0.0640. The number of nitrogens with two attached hydrogens (primary N) is 1. The highest BCUT2D eigenvalue weighted by Gasteiger charge is 2.08. The van der Waals surface area contributed by atoms with Crippen molar-refractivity contribution in [3.8, 4) is 0 Å². The molecule has 0 atom stereocenters. The Morgan fingerprint density at radius 3 is 2.38 bits per heavy atom. The normalized spacial score (nSPS) is 10.2. The summed E-state index contributed by atoms with van der Waals surface area (Å²) in [5.74, 6) is -0.0640. The van der Waals surface area contributed by atoms with E-state index in [1.807, 2.05) is 56.3 Å². The number of benzene rings is 2. The molecule has 0 saturated carbocycles. The molecule has 0 fully saturated rings. The van der Waals surface area contributed by atoms with Crippen molar-refractivity contribution in [1.82, 2.24) is 5.32 Å². The van der Waals surface area contributed by atoms with Crippen LogP contribution in [0.15, 0.2) is 42.5 Å². The summed E-state index contributed by atoms with van der Waals surface area (Å²) in [6.45, 7) is 4.43. The van der Waals surface area contributed by atoms with Gasteiger partial charge >= 0.3 is 0 Å². The topological polar surface area (TPSA) is 55.1 Å². The lowest BCUT2D eigenvalue weighted by atomic mass is 10.1. The van der Waals surface area contributed by atoms with Gasteiger partial charge in [0.05, 0.1) is 0 Å². The second kappa shape index (κ2) is 6.50. The number of hydrogen-bond donors (Lipinski definition) is 2. The molecule has 0 saturated heterocycles. The summed E-state index contributed by atoms with van der Waals surface area (Å²) in [5, 5.41) is 2.92. The zero-order valence-electron chi connectivity index (χ0n) is 12.1. The summed E-state index contributed by atoms with van der Waals surface area (Å²) in [7, 11) is 0. The van der Waals surface area contributed by atoms with Crippen molar-refractivity contribution in [1.29, 1.82) is 0 Å². The standard InChI is InChI=1S/C17H18N2OS/c1-11-3-8-15(12(2)9-11)17(20)19-10-13-4-6-14(7-5-13)16(18)21/h3-9H,10H2,1-2H3,(H2,18,21)(H,19,20). The van der Waals surface area contributed by atoms with Crippen LogP contribution in [-0.4, -0.2) is 10.9 Å². The Morgan fingerprint density at radius 1 is 1.14 bits per heavy atom. The minimum Gasteiger partial charge on any atom is -0.389 e. The van der Waals surface area contributed by atoms with E-state index in [9.17, 15) is 4.79 Å². The fourth-order valence-corrected chi connectivity index (χ4v) is 2.27. The van der Waals surface area contributed by atoms with Crippen LogP contribution in [0.3, 0.4) is 0 Å². The number of aryl methyl sites for hydroxylation is 2. The minimum atomic E-state index is -0.0640. The van der Waals surface area contributed by atoms with E-state index in [2.05, 4.69) is 5.32 Å². The van der Waals surface area contributed by atoms with Gasteiger partial charge in [0.1, 0.15) is 4.99 Å². The molecule has 3 nitrogen and oxygen atoms in total. The highest BCUT2D eigenvalue weighted by Crippen LogP contribution is 2.11. The zero-order valence-corrected chi connectivity index (χ0v) is 13.0. The number of amides is 1. The molecule has 21 heavy (non-hydrogen) atoms. The Hall–Kier alpha value is -2.20. The van der Waals surface area contributed by atoms with Gasteiger partial charge < -0.3 is 11.1 Å². The van der Waals surface area contributed by atoms with Crippen molar-refractivity contribution in [3.63, 3.8) is 0 Å². The largest absolute Gasteiger partial charge is 0.389 e. The van der Waals surface area contributed by atoms with E-state index in [-0.39, 0.29) is 5.91 Å².